The number of hydrogen-bond donors (Lipinski definition) is 1. The third-order valence-corrected chi connectivity index (χ3v) is 3.61. The number of pyridine rings is 1. The van der Waals surface area contributed by atoms with Crippen LogP contribution in [0.4, 0.5) is 18.9 Å². The smallest absolute Gasteiger partial charge is 0.261 e. The maximum atomic E-state index is 14.4. The van der Waals surface area contributed by atoms with E-state index in [1.165, 1.54) is 12.1 Å². The Bertz CT molecular complexity index is 948. The van der Waals surface area contributed by atoms with Gasteiger partial charge in [-0.1, -0.05) is 0 Å². The quantitative estimate of drug-likeness (QED) is 0.790. The van der Waals surface area contributed by atoms with Gasteiger partial charge in [-0.3, -0.25) is 14.5 Å². The van der Waals surface area contributed by atoms with Crippen LogP contribution in [0.15, 0.2) is 36.8 Å². The number of rotatable bonds is 3. The first-order chi connectivity index (χ1) is 11.9. The molecule has 128 valence electrons. The Kier molecular flexibility index (Phi) is 4.26. The second-order valence-electron chi connectivity index (χ2n) is 5.43. The fourth-order valence-corrected chi connectivity index (χ4v) is 2.50. The molecule has 0 aliphatic rings. The third kappa shape index (κ3) is 3.23. The normalized spacial score (nSPS) is 10.8. The number of aryl methyl sites for hydroxylation is 2. The minimum Gasteiger partial charge on any atom is -0.322 e. The molecule has 0 saturated carbocycles. The van der Waals surface area contributed by atoms with Gasteiger partial charge < -0.3 is 5.32 Å². The molecule has 2 aromatic heterocycles. The van der Waals surface area contributed by atoms with Crippen molar-refractivity contribution in [1.29, 1.82) is 0 Å². The molecule has 0 unspecified atom stereocenters. The maximum absolute atomic E-state index is 14.4. The van der Waals surface area contributed by atoms with Gasteiger partial charge >= 0.3 is 0 Å². The number of hydrogen-bond acceptors (Lipinski definition) is 3. The van der Waals surface area contributed by atoms with Gasteiger partial charge in [-0.15, -0.1) is 0 Å². The number of halogens is 3. The molecule has 0 spiro atoms. The van der Waals surface area contributed by atoms with Crippen LogP contribution < -0.4 is 5.32 Å². The molecular weight excluding hydrogens is 333 g/mol. The number of benzene rings is 1. The summed E-state index contributed by atoms with van der Waals surface area (Å²) >= 11 is 0. The summed E-state index contributed by atoms with van der Waals surface area (Å²) in [6, 6.07) is 3.99. The van der Waals surface area contributed by atoms with Crippen LogP contribution in [-0.2, 0) is 7.05 Å². The highest BCUT2D eigenvalue weighted by atomic mass is 19.1. The van der Waals surface area contributed by atoms with Crippen LogP contribution in [0.5, 0.6) is 0 Å². The van der Waals surface area contributed by atoms with Gasteiger partial charge in [-0.2, -0.15) is 5.10 Å². The summed E-state index contributed by atoms with van der Waals surface area (Å²) in [6.45, 7) is 1.75. The van der Waals surface area contributed by atoms with Gasteiger partial charge in [0.15, 0.2) is 11.6 Å². The molecule has 1 N–H and O–H groups in total. The molecule has 2 heterocycles. The van der Waals surface area contributed by atoms with Crippen molar-refractivity contribution in [1.82, 2.24) is 14.8 Å². The summed E-state index contributed by atoms with van der Waals surface area (Å²) < 4.78 is 43.1. The van der Waals surface area contributed by atoms with Crippen molar-refractivity contribution in [3.05, 3.63) is 65.5 Å². The van der Waals surface area contributed by atoms with Crippen molar-refractivity contribution in [3.63, 3.8) is 0 Å². The van der Waals surface area contributed by atoms with Crippen LogP contribution in [0, 0.1) is 24.4 Å². The third-order valence-electron chi connectivity index (χ3n) is 3.61. The first kappa shape index (κ1) is 16.7. The number of amides is 1. The minimum atomic E-state index is -1.10. The molecule has 5 nitrogen and oxygen atoms in total. The zero-order valence-electron chi connectivity index (χ0n) is 13.3. The Morgan fingerprint density at radius 2 is 1.76 bits per heavy atom. The van der Waals surface area contributed by atoms with Crippen LogP contribution in [0.3, 0.4) is 0 Å². The zero-order chi connectivity index (χ0) is 18.1. The van der Waals surface area contributed by atoms with Gasteiger partial charge in [-0.05, 0) is 25.1 Å². The Balaban J connectivity index is 1.89. The Morgan fingerprint density at radius 3 is 2.32 bits per heavy atom. The van der Waals surface area contributed by atoms with E-state index in [0.717, 1.165) is 18.5 Å². The van der Waals surface area contributed by atoms with E-state index in [4.69, 9.17) is 0 Å². The van der Waals surface area contributed by atoms with Gasteiger partial charge in [0.05, 0.1) is 18.1 Å². The Morgan fingerprint density at radius 1 is 1.08 bits per heavy atom. The summed E-state index contributed by atoms with van der Waals surface area (Å²) in [6.07, 6.45) is 3.13. The van der Waals surface area contributed by atoms with Gasteiger partial charge in [0.25, 0.3) is 5.91 Å². The standard InChI is InChI=1S/C17H13F3N4O/c1-9-12(8-24(2)23-9)11-4-3-10(5-13(11)18)22-17(25)16-14(19)6-21-7-15(16)20/h3-8H,1-2H3,(H,22,25). The van der Waals surface area contributed by atoms with E-state index in [-0.39, 0.29) is 5.69 Å². The molecule has 0 aliphatic carbocycles. The maximum Gasteiger partial charge on any atom is 0.261 e. The predicted octanol–water partition coefficient (Wildman–Crippen LogP) is 3.46. The van der Waals surface area contributed by atoms with Gasteiger partial charge in [0.1, 0.15) is 11.4 Å². The monoisotopic (exact) mass is 346 g/mol. The van der Waals surface area contributed by atoms with Crippen LogP contribution in [0.1, 0.15) is 16.1 Å². The van der Waals surface area contributed by atoms with Crippen molar-refractivity contribution < 1.29 is 18.0 Å². The van der Waals surface area contributed by atoms with E-state index < -0.39 is 28.9 Å². The molecule has 0 bridgehead atoms. The molecule has 25 heavy (non-hydrogen) atoms. The zero-order valence-corrected chi connectivity index (χ0v) is 13.3. The van der Waals surface area contributed by atoms with Crippen LogP contribution in [0.25, 0.3) is 11.1 Å². The lowest BCUT2D eigenvalue weighted by atomic mass is 10.1. The van der Waals surface area contributed by atoms with E-state index in [0.29, 0.717) is 16.8 Å². The van der Waals surface area contributed by atoms with Crippen molar-refractivity contribution in [2.45, 2.75) is 6.92 Å². The van der Waals surface area contributed by atoms with Crippen LogP contribution in [0.2, 0.25) is 0 Å². The van der Waals surface area contributed by atoms with Crippen molar-refractivity contribution in [3.8, 4) is 11.1 Å². The van der Waals surface area contributed by atoms with Crippen molar-refractivity contribution >= 4 is 11.6 Å². The number of carbonyl (C=O) groups excluding carboxylic acids is 1. The highest BCUT2D eigenvalue weighted by molar-refractivity contribution is 6.04. The molecule has 0 fully saturated rings. The number of carbonyl (C=O) groups is 1. The summed E-state index contributed by atoms with van der Waals surface area (Å²) in [5.41, 5.74) is 0.874. The molecule has 1 aromatic carbocycles. The lowest BCUT2D eigenvalue weighted by molar-refractivity contribution is 0.101. The second kappa shape index (κ2) is 6.39. The van der Waals surface area contributed by atoms with E-state index >= 15 is 0 Å². The molecule has 1 amide bonds. The van der Waals surface area contributed by atoms with Crippen molar-refractivity contribution in [2.75, 3.05) is 5.32 Å². The van der Waals surface area contributed by atoms with Crippen LogP contribution in [-0.4, -0.2) is 20.7 Å². The first-order valence-electron chi connectivity index (χ1n) is 7.27. The molecule has 0 saturated heterocycles. The Hall–Kier alpha value is -3.16. The fourth-order valence-electron chi connectivity index (χ4n) is 2.50. The molecule has 0 aliphatic heterocycles. The summed E-state index contributed by atoms with van der Waals surface area (Å²) in [5, 5.41) is 6.42. The summed E-state index contributed by atoms with van der Waals surface area (Å²) in [4.78, 5) is 15.3. The number of nitrogens with zero attached hydrogens (tertiary/aromatic N) is 3. The molecule has 3 rings (SSSR count). The van der Waals surface area contributed by atoms with E-state index in [9.17, 15) is 18.0 Å². The van der Waals surface area contributed by atoms with Crippen LogP contribution >= 0.6 is 0 Å². The average molecular weight is 346 g/mol. The first-order valence-corrected chi connectivity index (χ1v) is 7.27. The van der Waals surface area contributed by atoms with Crippen molar-refractivity contribution in [2.24, 2.45) is 7.05 Å². The second-order valence-corrected chi connectivity index (χ2v) is 5.43. The fraction of sp³-hybridized carbons (Fsp3) is 0.118. The average Bonchev–Trinajstić information content (AvgIpc) is 2.85. The number of anilines is 1. The summed E-state index contributed by atoms with van der Waals surface area (Å²) in [7, 11) is 1.72. The lowest BCUT2D eigenvalue weighted by Gasteiger charge is -2.09. The minimum absolute atomic E-state index is 0.0726. The van der Waals surface area contributed by atoms with E-state index in [2.05, 4.69) is 15.4 Å². The molecule has 8 heteroatoms. The molecular formula is C17H13F3N4O. The largest absolute Gasteiger partial charge is 0.322 e. The SMILES string of the molecule is Cc1nn(C)cc1-c1ccc(NC(=O)c2c(F)cncc2F)cc1F. The number of aromatic nitrogens is 3. The predicted molar refractivity (Wildman–Crippen MR) is 85.4 cm³/mol. The molecule has 0 radical (unpaired) electrons. The molecule has 0 atom stereocenters. The van der Waals surface area contributed by atoms with Gasteiger partial charge in [0.2, 0.25) is 0 Å². The van der Waals surface area contributed by atoms with E-state index in [1.54, 1.807) is 24.9 Å². The lowest BCUT2D eigenvalue weighted by Crippen LogP contribution is -2.16. The van der Waals surface area contributed by atoms with Gasteiger partial charge in [-0.25, -0.2) is 13.2 Å². The molecule has 3 aromatic rings. The van der Waals surface area contributed by atoms with Gasteiger partial charge in [0, 0.05) is 30.1 Å². The van der Waals surface area contributed by atoms with E-state index in [1.807, 2.05) is 0 Å². The summed E-state index contributed by atoms with van der Waals surface area (Å²) in [5.74, 6) is -3.81. The Labute approximate surface area is 141 Å². The highest BCUT2D eigenvalue weighted by Crippen LogP contribution is 2.27. The highest BCUT2D eigenvalue weighted by Gasteiger charge is 2.19. The topological polar surface area (TPSA) is 59.8 Å². The number of nitrogens with one attached hydrogen (secondary N) is 1.